The molecule has 17 heavy (non-hydrogen) atoms. The summed E-state index contributed by atoms with van der Waals surface area (Å²) >= 11 is 0. The molecule has 2 rings (SSSR count). The van der Waals surface area contributed by atoms with Crippen molar-refractivity contribution in [2.75, 3.05) is 6.61 Å². The Labute approximate surface area is 97.8 Å². The molecule has 1 aromatic rings. The van der Waals surface area contributed by atoms with Gasteiger partial charge in [-0.2, -0.15) is 0 Å². The first-order chi connectivity index (χ1) is 8.09. The lowest BCUT2D eigenvalue weighted by Crippen LogP contribution is -2.35. The van der Waals surface area contributed by atoms with Crippen LogP contribution in [0.15, 0.2) is 18.2 Å². The van der Waals surface area contributed by atoms with Crippen molar-refractivity contribution in [2.24, 2.45) is 0 Å². The van der Waals surface area contributed by atoms with Crippen LogP contribution in [-0.4, -0.2) is 18.6 Å². The van der Waals surface area contributed by atoms with E-state index in [4.69, 9.17) is 4.74 Å². The highest BCUT2D eigenvalue weighted by Crippen LogP contribution is 2.22. The Kier molecular flexibility index (Phi) is 3.38. The summed E-state index contributed by atoms with van der Waals surface area (Å²) < 4.78 is 31.7. The molecular weight excluding hydrogens is 228 g/mol. The predicted molar refractivity (Wildman–Crippen MR) is 57.3 cm³/mol. The zero-order chi connectivity index (χ0) is 12.4. The van der Waals surface area contributed by atoms with E-state index in [1.54, 1.807) is 6.92 Å². The van der Waals surface area contributed by atoms with Gasteiger partial charge in [-0.1, -0.05) is 6.07 Å². The molecule has 92 valence electrons. The number of benzene rings is 1. The Balaban J connectivity index is 2.14. The van der Waals surface area contributed by atoms with Crippen LogP contribution in [0.4, 0.5) is 8.78 Å². The van der Waals surface area contributed by atoms with Crippen molar-refractivity contribution in [1.29, 1.82) is 0 Å². The maximum absolute atomic E-state index is 13.5. The van der Waals surface area contributed by atoms with Crippen LogP contribution in [0.2, 0.25) is 0 Å². The SMILES string of the molecule is CC(NC1CCOC1=O)c1c(F)cccc1F. The summed E-state index contributed by atoms with van der Waals surface area (Å²) in [5.74, 6) is -1.60. The molecule has 1 N–H and O–H groups in total. The summed E-state index contributed by atoms with van der Waals surface area (Å²) in [6.07, 6.45) is 0.527. The third-order valence-electron chi connectivity index (χ3n) is 2.82. The van der Waals surface area contributed by atoms with E-state index in [-0.39, 0.29) is 11.5 Å². The summed E-state index contributed by atoms with van der Waals surface area (Å²) in [6, 6.07) is 2.65. The molecule has 0 aliphatic carbocycles. The van der Waals surface area contributed by atoms with Gasteiger partial charge in [-0.25, -0.2) is 8.78 Å². The highest BCUT2D eigenvalue weighted by atomic mass is 19.1. The molecule has 1 fully saturated rings. The Morgan fingerprint density at radius 3 is 2.59 bits per heavy atom. The number of esters is 1. The topological polar surface area (TPSA) is 38.3 Å². The second-order valence-corrected chi connectivity index (χ2v) is 4.03. The van der Waals surface area contributed by atoms with E-state index in [1.165, 1.54) is 18.2 Å². The number of hydrogen-bond acceptors (Lipinski definition) is 3. The maximum atomic E-state index is 13.5. The largest absolute Gasteiger partial charge is 0.464 e. The van der Waals surface area contributed by atoms with E-state index in [2.05, 4.69) is 5.32 Å². The molecule has 1 aromatic carbocycles. The fraction of sp³-hybridized carbons (Fsp3) is 0.417. The molecule has 1 saturated heterocycles. The highest BCUT2D eigenvalue weighted by Gasteiger charge is 2.29. The Morgan fingerprint density at radius 1 is 1.41 bits per heavy atom. The standard InChI is InChI=1S/C12H13F2NO2/c1-7(15-10-5-6-17-12(10)16)11-8(13)3-2-4-9(11)14/h2-4,7,10,15H,5-6H2,1H3. The van der Waals surface area contributed by atoms with Crippen LogP contribution in [0.1, 0.15) is 24.9 Å². The van der Waals surface area contributed by atoms with Gasteiger partial charge in [0.15, 0.2) is 0 Å². The van der Waals surface area contributed by atoms with Crippen LogP contribution in [0.3, 0.4) is 0 Å². The van der Waals surface area contributed by atoms with Gasteiger partial charge >= 0.3 is 5.97 Å². The lowest BCUT2D eigenvalue weighted by Gasteiger charge is -2.18. The van der Waals surface area contributed by atoms with Gasteiger partial charge in [0.2, 0.25) is 0 Å². The maximum Gasteiger partial charge on any atom is 0.323 e. The third-order valence-corrected chi connectivity index (χ3v) is 2.82. The molecule has 5 heteroatoms. The molecule has 2 unspecified atom stereocenters. The fourth-order valence-electron chi connectivity index (χ4n) is 1.96. The van der Waals surface area contributed by atoms with Crippen LogP contribution in [0.5, 0.6) is 0 Å². The molecular formula is C12H13F2NO2. The Bertz CT molecular complexity index is 416. The van der Waals surface area contributed by atoms with Gasteiger partial charge in [0.1, 0.15) is 17.7 Å². The molecule has 0 saturated carbocycles. The molecule has 0 radical (unpaired) electrons. The van der Waals surface area contributed by atoms with Gasteiger partial charge in [0.25, 0.3) is 0 Å². The number of cyclic esters (lactones) is 1. The first-order valence-electron chi connectivity index (χ1n) is 5.46. The van der Waals surface area contributed by atoms with Gasteiger partial charge in [-0.15, -0.1) is 0 Å². The second kappa shape index (κ2) is 4.79. The predicted octanol–water partition coefficient (Wildman–Crippen LogP) is 1.93. The van der Waals surface area contributed by atoms with Crippen molar-refractivity contribution in [3.8, 4) is 0 Å². The van der Waals surface area contributed by atoms with E-state index in [0.29, 0.717) is 13.0 Å². The molecule has 1 aliphatic rings. The van der Waals surface area contributed by atoms with Gasteiger partial charge in [0.05, 0.1) is 6.61 Å². The van der Waals surface area contributed by atoms with Crippen molar-refractivity contribution in [3.05, 3.63) is 35.4 Å². The lowest BCUT2D eigenvalue weighted by atomic mass is 10.1. The number of nitrogens with one attached hydrogen (secondary N) is 1. The minimum absolute atomic E-state index is 0.0489. The summed E-state index contributed by atoms with van der Waals surface area (Å²) in [7, 11) is 0. The zero-order valence-corrected chi connectivity index (χ0v) is 9.37. The first-order valence-corrected chi connectivity index (χ1v) is 5.46. The smallest absolute Gasteiger partial charge is 0.323 e. The van der Waals surface area contributed by atoms with Crippen LogP contribution in [0.25, 0.3) is 0 Å². The van der Waals surface area contributed by atoms with Crippen molar-refractivity contribution in [1.82, 2.24) is 5.32 Å². The minimum Gasteiger partial charge on any atom is -0.464 e. The lowest BCUT2D eigenvalue weighted by molar-refractivity contribution is -0.139. The van der Waals surface area contributed by atoms with E-state index >= 15 is 0 Å². The van der Waals surface area contributed by atoms with Crippen molar-refractivity contribution in [2.45, 2.75) is 25.4 Å². The first kappa shape index (κ1) is 12.0. The zero-order valence-electron chi connectivity index (χ0n) is 9.37. The quantitative estimate of drug-likeness (QED) is 0.822. The number of ether oxygens (including phenoxy) is 1. The Hall–Kier alpha value is -1.49. The number of rotatable bonds is 3. The molecule has 0 spiro atoms. The third kappa shape index (κ3) is 2.44. The molecule has 3 nitrogen and oxygen atoms in total. The minimum atomic E-state index is -0.614. The summed E-state index contributed by atoms with van der Waals surface area (Å²) in [5.41, 5.74) is -0.0489. The van der Waals surface area contributed by atoms with E-state index in [0.717, 1.165) is 0 Å². The van der Waals surface area contributed by atoms with E-state index < -0.39 is 23.7 Å². The van der Waals surface area contributed by atoms with Crippen LogP contribution >= 0.6 is 0 Å². The van der Waals surface area contributed by atoms with Gasteiger partial charge in [0, 0.05) is 18.0 Å². The molecule has 1 heterocycles. The van der Waals surface area contributed by atoms with Crippen LogP contribution < -0.4 is 5.32 Å². The number of carbonyl (C=O) groups is 1. The summed E-state index contributed by atoms with van der Waals surface area (Å²) in [4.78, 5) is 11.2. The number of hydrogen-bond donors (Lipinski definition) is 1. The van der Waals surface area contributed by atoms with E-state index in [1.807, 2.05) is 0 Å². The fourth-order valence-corrected chi connectivity index (χ4v) is 1.96. The molecule has 0 aromatic heterocycles. The molecule has 0 amide bonds. The second-order valence-electron chi connectivity index (χ2n) is 4.03. The van der Waals surface area contributed by atoms with Crippen molar-refractivity contribution in [3.63, 3.8) is 0 Å². The van der Waals surface area contributed by atoms with Crippen LogP contribution in [0, 0.1) is 11.6 Å². The van der Waals surface area contributed by atoms with Gasteiger partial charge in [-0.05, 0) is 19.1 Å². The Morgan fingerprint density at radius 2 is 2.06 bits per heavy atom. The molecule has 2 atom stereocenters. The molecule has 0 bridgehead atoms. The van der Waals surface area contributed by atoms with Crippen molar-refractivity contribution < 1.29 is 18.3 Å². The van der Waals surface area contributed by atoms with Crippen LogP contribution in [-0.2, 0) is 9.53 Å². The average Bonchev–Trinajstić information content (AvgIpc) is 2.64. The normalized spacial score (nSPS) is 21.4. The van der Waals surface area contributed by atoms with Gasteiger partial charge in [-0.3, -0.25) is 10.1 Å². The number of carbonyl (C=O) groups excluding carboxylic acids is 1. The summed E-state index contributed by atoms with van der Waals surface area (Å²) in [5, 5.41) is 2.87. The monoisotopic (exact) mass is 241 g/mol. The van der Waals surface area contributed by atoms with E-state index in [9.17, 15) is 13.6 Å². The number of halogens is 2. The highest BCUT2D eigenvalue weighted by molar-refractivity contribution is 5.77. The van der Waals surface area contributed by atoms with Gasteiger partial charge < -0.3 is 4.74 Å². The summed E-state index contributed by atoms with van der Waals surface area (Å²) in [6.45, 7) is 1.97. The average molecular weight is 241 g/mol. The molecule has 1 aliphatic heterocycles. The van der Waals surface area contributed by atoms with Crippen molar-refractivity contribution >= 4 is 5.97 Å².